The molecule has 54 valence electrons. The largest absolute Gasteiger partial charge is 0.358 e. The molecular formula is C4H11FeO3-. The van der Waals surface area contributed by atoms with Crippen LogP contribution in [0, 0.1) is 7.43 Å². The summed E-state index contributed by atoms with van der Waals surface area (Å²) in [4.78, 5) is 0. The SMILES string of the molecule is COC(O)OC.[CH3-].[Fe]. The normalized spacial score (nSPS) is 7.50. The van der Waals surface area contributed by atoms with Gasteiger partial charge in [-0.15, -0.1) is 0 Å². The first kappa shape index (κ1) is 15.8. The molecule has 0 fully saturated rings. The predicted octanol–water partition coefficient (Wildman–Crippen LogP) is 0.00289. The topological polar surface area (TPSA) is 38.7 Å². The quantitative estimate of drug-likeness (QED) is 0.353. The van der Waals surface area contributed by atoms with Crippen LogP contribution in [0.5, 0.6) is 0 Å². The molecule has 0 radical (unpaired) electrons. The summed E-state index contributed by atoms with van der Waals surface area (Å²) in [5, 5.41) is 8.22. The van der Waals surface area contributed by atoms with Gasteiger partial charge in [0.2, 0.25) is 0 Å². The number of ether oxygens (including phenoxy) is 2. The summed E-state index contributed by atoms with van der Waals surface area (Å²) in [5.41, 5.74) is 0. The molecule has 8 heavy (non-hydrogen) atoms. The third-order valence-electron chi connectivity index (χ3n) is 0.403. The van der Waals surface area contributed by atoms with E-state index in [4.69, 9.17) is 5.11 Å². The van der Waals surface area contributed by atoms with Crippen LogP contribution in [0.3, 0.4) is 0 Å². The van der Waals surface area contributed by atoms with Gasteiger partial charge in [-0.05, 0) is 0 Å². The minimum absolute atomic E-state index is 0. The van der Waals surface area contributed by atoms with Crippen LogP contribution in [0.4, 0.5) is 0 Å². The van der Waals surface area contributed by atoms with E-state index in [1.807, 2.05) is 0 Å². The Balaban J connectivity index is -0.000000125. The summed E-state index contributed by atoms with van der Waals surface area (Å²) in [6, 6.07) is 0. The second-order valence-corrected chi connectivity index (χ2v) is 0.778. The van der Waals surface area contributed by atoms with Crippen LogP contribution >= 0.6 is 0 Å². The minimum atomic E-state index is -1.06. The Kier molecular flexibility index (Phi) is 20.5. The second-order valence-electron chi connectivity index (χ2n) is 0.778. The van der Waals surface area contributed by atoms with Gasteiger partial charge in [0.25, 0.3) is 6.48 Å². The Hall–Kier alpha value is 0.399. The first-order chi connectivity index (χ1) is 2.81. The molecule has 0 bridgehead atoms. The van der Waals surface area contributed by atoms with E-state index in [1.165, 1.54) is 14.2 Å². The maximum atomic E-state index is 8.22. The maximum absolute atomic E-state index is 8.22. The van der Waals surface area contributed by atoms with Gasteiger partial charge in [-0.1, -0.05) is 0 Å². The number of methoxy groups -OCH3 is 2. The van der Waals surface area contributed by atoms with Gasteiger partial charge in [-0.3, -0.25) is 0 Å². The van der Waals surface area contributed by atoms with Crippen LogP contribution in [0.15, 0.2) is 0 Å². The van der Waals surface area contributed by atoms with E-state index in [9.17, 15) is 0 Å². The minimum Gasteiger partial charge on any atom is -0.358 e. The van der Waals surface area contributed by atoms with E-state index in [0.717, 1.165) is 0 Å². The summed E-state index contributed by atoms with van der Waals surface area (Å²) < 4.78 is 8.47. The van der Waals surface area contributed by atoms with E-state index in [0.29, 0.717) is 0 Å². The number of rotatable bonds is 2. The molecule has 0 aromatic carbocycles. The van der Waals surface area contributed by atoms with Crippen molar-refractivity contribution >= 4 is 0 Å². The molecule has 0 heterocycles. The van der Waals surface area contributed by atoms with E-state index < -0.39 is 6.48 Å². The molecule has 0 unspecified atom stereocenters. The van der Waals surface area contributed by atoms with Crippen LogP contribution in [0.1, 0.15) is 0 Å². The molecule has 0 rings (SSSR count). The molecule has 3 nitrogen and oxygen atoms in total. The smallest absolute Gasteiger partial charge is 0.268 e. The molecular weight excluding hydrogens is 152 g/mol. The Morgan fingerprint density at radius 1 is 1.25 bits per heavy atom. The zero-order valence-electron chi connectivity index (χ0n) is 5.19. The van der Waals surface area contributed by atoms with Crippen molar-refractivity contribution in [3.8, 4) is 0 Å². The van der Waals surface area contributed by atoms with Gasteiger partial charge in [0.15, 0.2) is 0 Å². The summed E-state index contributed by atoms with van der Waals surface area (Å²) in [7, 11) is 2.71. The van der Waals surface area contributed by atoms with Crippen LogP contribution < -0.4 is 0 Å². The second kappa shape index (κ2) is 10.4. The summed E-state index contributed by atoms with van der Waals surface area (Å²) in [6.07, 6.45) is 0. The zero-order valence-corrected chi connectivity index (χ0v) is 6.30. The predicted molar refractivity (Wildman–Crippen MR) is 26.4 cm³/mol. The van der Waals surface area contributed by atoms with Crippen molar-refractivity contribution < 1.29 is 31.6 Å². The van der Waals surface area contributed by atoms with Gasteiger partial charge in [0.05, 0.1) is 0 Å². The third-order valence-corrected chi connectivity index (χ3v) is 0.403. The van der Waals surface area contributed by atoms with Crippen molar-refractivity contribution in [2.24, 2.45) is 0 Å². The van der Waals surface area contributed by atoms with Gasteiger partial charge >= 0.3 is 0 Å². The van der Waals surface area contributed by atoms with E-state index in [1.54, 1.807) is 0 Å². The maximum Gasteiger partial charge on any atom is 0.268 e. The molecule has 0 aliphatic heterocycles. The monoisotopic (exact) mass is 163 g/mol. The van der Waals surface area contributed by atoms with Crippen molar-refractivity contribution in [2.45, 2.75) is 6.48 Å². The molecule has 0 aliphatic rings. The van der Waals surface area contributed by atoms with E-state index >= 15 is 0 Å². The van der Waals surface area contributed by atoms with Gasteiger partial charge < -0.3 is 22.0 Å². The molecule has 1 N–H and O–H groups in total. The van der Waals surface area contributed by atoms with Crippen molar-refractivity contribution in [1.29, 1.82) is 0 Å². The van der Waals surface area contributed by atoms with Gasteiger partial charge in [0.1, 0.15) is 0 Å². The van der Waals surface area contributed by atoms with Crippen LogP contribution in [0.2, 0.25) is 0 Å². The molecule has 0 amide bonds. The van der Waals surface area contributed by atoms with Crippen LogP contribution in [0.25, 0.3) is 0 Å². The van der Waals surface area contributed by atoms with E-state index in [2.05, 4.69) is 9.47 Å². The average molecular weight is 163 g/mol. The fraction of sp³-hybridized carbons (Fsp3) is 0.750. The van der Waals surface area contributed by atoms with Crippen molar-refractivity contribution in [3.63, 3.8) is 0 Å². The number of aliphatic hydroxyl groups is 1. The van der Waals surface area contributed by atoms with Crippen molar-refractivity contribution in [2.75, 3.05) is 14.2 Å². The van der Waals surface area contributed by atoms with Crippen LogP contribution in [-0.2, 0) is 26.5 Å². The Morgan fingerprint density at radius 2 is 1.50 bits per heavy atom. The zero-order chi connectivity index (χ0) is 4.99. The Morgan fingerprint density at radius 3 is 1.50 bits per heavy atom. The molecule has 4 heteroatoms. The van der Waals surface area contributed by atoms with Crippen molar-refractivity contribution in [3.05, 3.63) is 7.43 Å². The number of hydrogen-bond donors (Lipinski definition) is 1. The van der Waals surface area contributed by atoms with Crippen molar-refractivity contribution in [1.82, 2.24) is 0 Å². The third kappa shape index (κ3) is 9.64. The average Bonchev–Trinajstić information content (AvgIpc) is 1.65. The van der Waals surface area contributed by atoms with Crippen LogP contribution in [-0.4, -0.2) is 25.8 Å². The molecule has 0 aromatic heterocycles. The summed E-state index contributed by atoms with van der Waals surface area (Å²) >= 11 is 0. The molecule has 0 saturated heterocycles. The summed E-state index contributed by atoms with van der Waals surface area (Å²) in [6.45, 7) is -1.06. The summed E-state index contributed by atoms with van der Waals surface area (Å²) in [5.74, 6) is 0. The molecule has 0 atom stereocenters. The molecule has 0 saturated carbocycles. The first-order valence-electron chi connectivity index (χ1n) is 1.55. The molecule has 0 aliphatic carbocycles. The van der Waals surface area contributed by atoms with Gasteiger partial charge in [0, 0.05) is 31.3 Å². The number of hydrogen-bond acceptors (Lipinski definition) is 3. The standard InChI is InChI=1S/C3H8O3.CH3.Fe/c1-5-3(4)6-2;;/h3-4H,1-2H3;1H3;/q;-1;. The van der Waals surface area contributed by atoms with E-state index in [-0.39, 0.29) is 24.5 Å². The molecule has 0 spiro atoms. The fourth-order valence-electron chi connectivity index (χ4n) is 0.0962. The van der Waals surface area contributed by atoms with Gasteiger partial charge in [-0.25, -0.2) is 0 Å². The Labute approximate surface area is 60.5 Å². The number of aliphatic hydroxyl groups excluding tert-OH is 1. The fourth-order valence-corrected chi connectivity index (χ4v) is 0.0962. The van der Waals surface area contributed by atoms with Gasteiger partial charge in [-0.2, -0.15) is 0 Å². The Bertz CT molecular complexity index is 30.5. The molecule has 0 aromatic rings. The first-order valence-corrected chi connectivity index (χ1v) is 1.55.